The molecule has 3 aromatic rings. The Labute approximate surface area is 134 Å². The largest absolute Gasteiger partial charge is 0.352 e. The predicted molar refractivity (Wildman–Crippen MR) is 91.8 cm³/mol. The van der Waals surface area contributed by atoms with Crippen LogP contribution in [-0.4, -0.2) is 17.0 Å². The molecule has 1 aromatic carbocycles. The summed E-state index contributed by atoms with van der Waals surface area (Å²) >= 11 is 1.49. The van der Waals surface area contributed by atoms with Gasteiger partial charge < -0.3 is 9.88 Å². The predicted octanol–water partition coefficient (Wildman–Crippen LogP) is 4.26. The van der Waals surface area contributed by atoms with Crippen molar-refractivity contribution in [2.24, 2.45) is 0 Å². The standard InChI is InChI=1S/C18H18N2OS/c1-3-19-18(21)17-16(20-10-4-5-11-20)15(12-22-17)14-8-6-13(2)7-9-14/h4-12H,3H2,1-2H3,(H,19,21). The van der Waals surface area contributed by atoms with E-state index in [0.717, 1.165) is 21.7 Å². The molecule has 0 bridgehead atoms. The SMILES string of the molecule is CCNC(=O)c1scc(-c2ccc(C)cc2)c1-n1cccc1. The first-order valence-electron chi connectivity index (χ1n) is 7.30. The number of hydrogen-bond acceptors (Lipinski definition) is 2. The quantitative estimate of drug-likeness (QED) is 0.767. The molecule has 0 aliphatic rings. The van der Waals surface area contributed by atoms with E-state index in [1.807, 2.05) is 36.0 Å². The lowest BCUT2D eigenvalue weighted by Gasteiger charge is -2.09. The molecule has 1 amide bonds. The van der Waals surface area contributed by atoms with Crippen molar-refractivity contribution < 1.29 is 4.79 Å². The topological polar surface area (TPSA) is 34.0 Å². The van der Waals surface area contributed by atoms with Crippen molar-refractivity contribution in [1.29, 1.82) is 0 Å². The molecule has 1 N–H and O–H groups in total. The number of amides is 1. The van der Waals surface area contributed by atoms with Crippen molar-refractivity contribution in [3.63, 3.8) is 0 Å². The Hall–Kier alpha value is -2.33. The van der Waals surface area contributed by atoms with Gasteiger partial charge in [-0.3, -0.25) is 4.79 Å². The first-order chi connectivity index (χ1) is 10.7. The smallest absolute Gasteiger partial charge is 0.263 e. The number of nitrogens with one attached hydrogen (secondary N) is 1. The van der Waals surface area contributed by atoms with Crippen LogP contribution in [0, 0.1) is 6.92 Å². The second-order valence-electron chi connectivity index (χ2n) is 5.14. The van der Waals surface area contributed by atoms with E-state index >= 15 is 0 Å². The minimum absolute atomic E-state index is 0.0189. The molecule has 0 saturated carbocycles. The van der Waals surface area contributed by atoms with Gasteiger partial charge in [0.1, 0.15) is 4.88 Å². The van der Waals surface area contributed by atoms with Crippen molar-refractivity contribution in [3.8, 4) is 16.8 Å². The van der Waals surface area contributed by atoms with E-state index in [2.05, 4.69) is 41.9 Å². The van der Waals surface area contributed by atoms with E-state index in [4.69, 9.17) is 0 Å². The zero-order valence-corrected chi connectivity index (χ0v) is 13.5. The number of benzene rings is 1. The van der Waals surface area contributed by atoms with Crippen molar-refractivity contribution >= 4 is 17.2 Å². The van der Waals surface area contributed by atoms with Crippen LogP contribution in [0.1, 0.15) is 22.2 Å². The van der Waals surface area contributed by atoms with Gasteiger partial charge in [-0.1, -0.05) is 29.8 Å². The summed E-state index contributed by atoms with van der Waals surface area (Å²) in [5.41, 5.74) is 4.39. The van der Waals surface area contributed by atoms with Crippen LogP contribution in [0.25, 0.3) is 16.8 Å². The lowest BCUT2D eigenvalue weighted by molar-refractivity contribution is 0.0960. The first kappa shape index (κ1) is 14.6. The summed E-state index contributed by atoms with van der Waals surface area (Å²) in [6.07, 6.45) is 3.95. The van der Waals surface area contributed by atoms with E-state index in [9.17, 15) is 4.79 Å². The maximum Gasteiger partial charge on any atom is 0.263 e. The minimum Gasteiger partial charge on any atom is -0.352 e. The third kappa shape index (κ3) is 2.70. The summed E-state index contributed by atoms with van der Waals surface area (Å²) in [6, 6.07) is 12.3. The molecule has 2 heterocycles. The molecule has 0 atom stereocenters. The van der Waals surface area contributed by atoms with Crippen molar-refractivity contribution in [1.82, 2.24) is 9.88 Å². The fourth-order valence-electron chi connectivity index (χ4n) is 2.43. The number of hydrogen-bond donors (Lipinski definition) is 1. The highest BCUT2D eigenvalue weighted by molar-refractivity contribution is 7.13. The summed E-state index contributed by atoms with van der Waals surface area (Å²) in [6.45, 7) is 4.63. The Morgan fingerprint density at radius 3 is 2.50 bits per heavy atom. The van der Waals surface area contributed by atoms with E-state index in [1.54, 1.807) is 0 Å². The fourth-order valence-corrected chi connectivity index (χ4v) is 3.42. The maximum absolute atomic E-state index is 12.3. The highest BCUT2D eigenvalue weighted by atomic mass is 32.1. The Kier molecular flexibility index (Phi) is 4.11. The highest BCUT2D eigenvalue weighted by Crippen LogP contribution is 2.35. The molecular formula is C18H18N2OS. The van der Waals surface area contributed by atoms with E-state index in [1.165, 1.54) is 16.9 Å². The van der Waals surface area contributed by atoms with Gasteiger partial charge in [0.2, 0.25) is 0 Å². The Morgan fingerprint density at radius 2 is 1.86 bits per heavy atom. The molecule has 0 spiro atoms. The molecular weight excluding hydrogens is 292 g/mol. The number of carbonyl (C=O) groups is 1. The summed E-state index contributed by atoms with van der Waals surface area (Å²) in [4.78, 5) is 13.1. The van der Waals surface area contributed by atoms with E-state index in [0.29, 0.717) is 6.54 Å². The van der Waals surface area contributed by atoms with Gasteiger partial charge in [-0.05, 0) is 31.5 Å². The van der Waals surface area contributed by atoms with Crippen LogP contribution >= 0.6 is 11.3 Å². The van der Waals surface area contributed by atoms with Gasteiger partial charge in [0.15, 0.2) is 0 Å². The van der Waals surface area contributed by atoms with Crippen molar-refractivity contribution in [3.05, 3.63) is 64.6 Å². The van der Waals surface area contributed by atoms with Gasteiger partial charge >= 0.3 is 0 Å². The van der Waals surface area contributed by atoms with Crippen LogP contribution in [-0.2, 0) is 0 Å². The average Bonchev–Trinajstić information content (AvgIpc) is 3.17. The third-order valence-corrected chi connectivity index (χ3v) is 4.50. The minimum atomic E-state index is -0.0189. The lowest BCUT2D eigenvalue weighted by Crippen LogP contribution is -2.22. The van der Waals surface area contributed by atoms with Crippen LogP contribution < -0.4 is 5.32 Å². The summed E-state index contributed by atoms with van der Waals surface area (Å²) in [7, 11) is 0. The number of rotatable bonds is 4. The second-order valence-corrected chi connectivity index (χ2v) is 6.02. The van der Waals surface area contributed by atoms with Gasteiger partial charge in [-0.15, -0.1) is 11.3 Å². The highest BCUT2D eigenvalue weighted by Gasteiger charge is 2.19. The molecule has 3 rings (SSSR count). The molecule has 22 heavy (non-hydrogen) atoms. The summed E-state index contributed by atoms with van der Waals surface area (Å²) < 4.78 is 2.01. The van der Waals surface area contributed by atoms with Gasteiger partial charge in [0.05, 0.1) is 5.69 Å². The molecule has 0 fully saturated rings. The second kappa shape index (κ2) is 6.20. The van der Waals surface area contributed by atoms with Crippen molar-refractivity contribution in [2.75, 3.05) is 6.54 Å². The molecule has 0 radical (unpaired) electrons. The van der Waals surface area contributed by atoms with Crippen LogP contribution in [0.5, 0.6) is 0 Å². The molecule has 0 aliphatic heterocycles. The molecule has 112 valence electrons. The molecule has 2 aromatic heterocycles. The maximum atomic E-state index is 12.3. The number of aryl methyl sites for hydroxylation is 1. The average molecular weight is 310 g/mol. The van der Waals surface area contributed by atoms with Gasteiger partial charge in [-0.2, -0.15) is 0 Å². The van der Waals surface area contributed by atoms with Crippen LogP contribution in [0.3, 0.4) is 0 Å². The first-order valence-corrected chi connectivity index (χ1v) is 8.18. The molecule has 0 aliphatic carbocycles. The monoisotopic (exact) mass is 310 g/mol. The summed E-state index contributed by atoms with van der Waals surface area (Å²) in [5, 5.41) is 4.96. The molecule has 0 saturated heterocycles. The fraction of sp³-hybridized carbons (Fsp3) is 0.167. The van der Waals surface area contributed by atoms with E-state index < -0.39 is 0 Å². The zero-order valence-electron chi connectivity index (χ0n) is 12.7. The third-order valence-electron chi connectivity index (χ3n) is 3.53. The number of nitrogens with zero attached hydrogens (tertiary/aromatic N) is 1. The van der Waals surface area contributed by atoms with Crippen LogP contribution in [0.15, 0.2) is 54.2 Å². The van der Waals surface area contributed by atoms with Crippen molar-refractivity contribution in [2.45, 2.75) is 13.8 Å². The lowest BCUT2D eigenvalue weighted by atomic mass is 10.0. The normalized spacial score (nSPS) is 10.6. The zero-order chi connectivity index (χ0) is 15.5. The van der Waals surface area contributed by atoms with Gasteiger partial charge in [0, 0.05) is 29.9 Å². The molecule has 0 unspecified atom stereocenters. The van der Waals surface area contributed by atoms with Gasteiger partial charge in [-0.25, -0.2) is 0 Å². The number of carbonyl (C=O) groups excluding carboxylic acids is 1. The molecule has 4 heteroatoms. The van der Waals surface area contributed by atoms with Gasteiger partial charge in [0.25, 0.3) is 5.91 Å². The number of aromatic nitrogens is 1. The Morgan fingerprint density at radius 1 is 1.18 bits per heavy atom. The van der Waals surface area contributed by atoms with Crippen LogP contribution in [0.4, 0.5) is 0 Å². The summed E-state index contributed by atoms with van der Waals surface area (Å²) in [5.74, 6) is -0.0189. The molecule has 3 nitrogen and oxygen atoms in total. The van der Waals surface area contributed by atoms with Crippen LogP contribution in [0.2, 0.25) is 0 Å². The number of thiophene rings is 1. The Bertz CT molecular complexity index is 770. The Balaban J connectivity index is 2.15. The van der Waals surface area contributed by atoms with E-state index in [-0.39, 0.29) is 5.91 Å².